The van der Waals surface area contributed by atoms with Crippen LogP contribution in [0.3, 0.4) is 0 Å². The zero-order chi connectivity index (χ0) is 12.1. The normalized spacial score (nSPS) is 16.1. The van der Waals surface area contributed by atoms with Crippen LogP contribution in [0, 0.1) is 0 Å². The van der Waals surface area contributed by atoms with E-state index in [1.807, 2.05) is 12.1 Å². The molecule has 4 heteroatoms. The first-order valence-electron chi connectivity index (χ1n) is 6.35. The molecular weight excluding hydrogens is 214 g/mol. The maximum Gasteiger partial charge on any atom is 0.0564 e. The summed E-state index contributed by atoms with van der Waals surface area (Å²) in [5.41, 5.74) is 7.55. The van der Waals surface area contributed by atoms with Crippen LogP contribution in [0.2, 0.25) is 0 Å². The molecule has 1 fully saturated rings. The average molecular weight is 235 g/mol. The number of nitrogen functional groups attached to an aromatic ring is 1. The van der Waals surface area contributed by atoms with E-state index in [0.29, 0.717) is 6.04 Å². The summed E-state index contributed by atoms with van der Waals surface area (Å²) in [5, 5.41) is 8.94. The van der Waals surface area contributed by atoms with E-state index >= 15 is 0 Å². The molecule has 0 atom stereocenters. The quantitative estimate of drug-likeness (QED) is 0.782. The predicted octanol–water partition coefficient (Wildman–Crippen LogP) is 1.40. The summed E-state index contributed by atoms with van der Waals surface area (Å²) < 4.78 is 0. The topological polar surface area (TPSA) is 62.4 Å². The van der Waals surface area contributed by atoms with Crippen molar-refractivity contribution in [2.24, 2.45) is 0 Å². The zero-order valence-electron chi connectivity index (χ0n) is 10.2. The van der Waals surface area contributed by atoms with Crippen molar-refractivity contribution < 1.29 is 5.11 Å². The number of rotatable bonds is 6. The van der Waals surface area contributed by atoms with Gasteiger partial charge in [-0.2, -0.15) is 0 Å². The van der Waals surface area contributed by atoms with Gasteiger partial charge in [0, 0.05) is 37.6 Å². The molecule has 94 valence electrons. The number of hydrogen-bond donors (Lipinski definition) is 2. The molecule has 0 spiro atoms. The van der Waals surface area contributed by atoms with Crippen molar-refractivity contribution in [2.45, 2.75) is 38.3 Å². The highest BCUT2D eigenvalue weighted by Gasteiger charge is 2.24. The number of aliphatic hydroxyl groups excluding tert-OH is 1. The molecule has 0 aliphatic heterocycles. The van der Waals surface area contributed by atoms with E-state index in [4.69, 9.17) is 10.8 Å². The zero-order valence-corrected chi connectivity index (χ0v) is 10.2. The molecule has 2 rings (SSSR count). The highest BCUT2D eigenvalue weighted by Crippen LogP contribution is 2.26. The van der Waals surface area contributed by atoms with Crippen molar-refractivity contribution in [3.63, 3.8) is 0 Å². The number of hydrogen-bond acceptors (Lipinski definition) is 4. The van der Waals surface area contributed by atoms with Gasteiger partial charge >= 0.3 is 0 Å². The van der Waals surface area contributed by atoms with Gasteiger partial charge in [0.1, 0.15) is 0 Å². The van der Waals surface area contributed by atoms with Gasteiger partial charge in [0.25, 0.3) is 0 Å². The minimum atomic E-state index is 0.258. The Hall–Kier alpha value is -1.13. The lowest BCUT2D eigenvalue weighted by atomic mass is 9.91. The fourth-order valence-electron chi connectivity index (χ4n) is 2.21. The molecular formula is C13H21N3O. The third kappa shape index (κ3) is 3.41. The van der Waals surface area contributed by atoms with Crippen molar-refractivity contribution in [1.29, 1.82) is 0 Å². The number of aliphatic hydroxyl groups is 1. The van der Waals surface area contributed by atoms with E-state index in [2.05, 4.69) is 9.88 Å². The van der Waals surface area contributed by atoms with Gasteiger partial charge in [-0.3, -0.25) is 9.88 Å². The Labute approximate surface area is 102 Å². The lowest BCUT2D eigenvalue weighted by Gasteiger charge is -2.37. The Morgan fingerprint density at radius 1 is 1.47 bits per heavy atom. The molecule has 1 aliphatic carbocycles. The standard InChI is InChI=1S/C13H21N3O/c14-11-5-6-15-12(9-11)10-16(7-2-8-17)13-3-1-4-13/h5-6,9,13,17H,1-4,7-8,10H2,(H2,14,15). The van der Waals surface area contributed by atoms with Crippen molar-refractivity contribution >= 4 is 5.69 Å². The maximum absolute atomic E-state index is 8.94. The van der Waals surface area contributed by atoms with E-state index in [9.17, 15) is 0 Å². The fraction of sp³-hybridized carbons (Fsp3) is 0.615. The minimum Gasteiger partial charge on any atom is -0.399 e. The molecule has 1 saturated carbocycles. The van der Waals surface area contributed by atoms with Gasteiger partial charge in [0.2, 0.25) is 0 Å². The Morgan fingerprint density at radius 3 is 2.88 bits per heavy atom. The van der Waals surface area contributed by atoms with Crippen LogP contribution in [-0.2, 0) is 6.54 Å². The molecule has 0 aromatic carbocycles. The third-order valence-corrected chi connectivity index (χ3v) is 3.40. The Kier molecular flexibility index (Phi) is 4.34. The molecule has 1 aliphatic rings. The first-order valence-corrected chi connectivity index (χ1v) is 6.35. The Bertz CT molecular complexity index is 352. The second kappa shape index (κ2) is 5.98. The molecule has 0 radical (unpaired) electrons. The van der Waals surface area contributed by atoms with Crippen LogP contribution in [-0.4, -0.2) is 34.2 Å². The number of pyridine rings is 1. The fourth-order valence-corrected chi connectivity index (χ4v) is 2.21. The summed E-state index contributed by atoms with van der Waals surface area (Å²) in [7, 11) is 0. The molecule has 4 nitrogen and oxygen atoms in total. The second-order valence-electron chi connectivity index (χ2n) is 4.71. The Morgan fingerprint density at radius 2 is 2.29 bits per heavy atom. The van der Waals surface area contributed by atoms with Gasteiger partial charge in [-0.05, 0) is 31.4 Å². The van der Waals surface area contributed by atoms with Crippen LogP contribution in [0.15, 0.2) is 18.3 Å². The lowest BCUT2D eigenvalue weighted by Crippen LogP contribution is -2.40. The molecule has 1 aromatic rings. The number of nitrogens with zero attached hydrogens (tertiary/aromatic N) is 2. The first kappa shape index (κ1) is 12.3. The van der Waals surface area contributed by atoms with Crippen LogP contribution < -0.4 is 5.73 Å². The molecule has 1 heterocycles. The smallest absolute Gasteiger partial charge is 0.0564 e. The highest BCUT2D eigenvalue weighted by atomic mass is 16.3. The summed E-state index contributed by atoms with van der Waals surface area (Å²) in [4.78, 5) is 6.76. The van der Waals surface area contributed by atoms with Gasteiger partial charge in [0.05, 0.1) is 5.69 Å². The molecule has 17 heavy (non-hydrogen) atoms. The van der Waals surface area contributed by atoms with E-state index in [1.165, 1.54) is 19.3 Å². The second-order valence-corrected chi connectivity index (χ2v) is 4.71. The van der Waals surface area contributed by atoms with Crippen LogP contribution in [0.5, 0.6) is 0 Å². The molecule has 1 aromatic heterocycles. The number of aromatic nitrogens is 1. The van der Waals surface area contributed by atoms with E-state index in [1.54, 1.807) is 6.20 Å². The monoisotopic (exact) mass is 235 g/mol. The summed E-state index contributed by atoms with van der Waals surface area (Å²) >= 11 is 0. The summed E-state index contributed by atoms with van der Waals surface area (Å²) in [6, 6.07) is 4.42. The third-order valence-electron chi connectivity index (χ3n) is 3.40. The van der Waals surface area contributed by atoms with E-state index < -0.39 is 0 Å². The summed E-state index contributed by atoms with van der Waals surface area (Å²) in [5.74, 6) is 0. The van der Waals surface area contributed by atoms with Crippen LogP contribution in [0.1, 0.15) is 31.4 Å². The summed E-state index contributed by atoms with van der Waals surface area (Å²) in [6.07, 6.45) is 6.46. The van der Waals surface area contributed by atoms with Gasteiger partial charge in [-0.1, -0.05) is 6.42 Å². The van der Waals surface area contributed by atoms with Crippen molar-refractivity contribution in [2.75, 3.05) is 18.9 Å². The van der Waals surface area contributed by atoms with Gasteiger partial charge < -0.3 is 10.8 Å². The van der Waals surface area contributed by atoms with Crippen molar-refractivity contribution in [3.8, 4) is 0 Å². The van der Waals surface area contributed by atoms with E-state index in [-0.39, 0.29) is 6.61 Å². The molecule has 0 saturated heterocycles. The molecule has 0 bridgehead atoms. The number of nitrogens with two attached hydrogens (primary N) is 1. The van der Waals surface area contributed by atoms with E-state index in [0.717, 1.165) is 30.9 Å². The molecule has 0 amide bonds. The first-order chi connectivity index (χ1) is 8.29. The van der Waals surface area contributed by atoms with Gasteiger partial charge in [0.15, 0.2) is 0 Å². The minimum absolute atomic E-state index is 0.258. The van der Waals surface area contributed by atoms with Crippen LogP contribution in [0.4, 0.5) is 5.69 Å². The average Bonchev–Trinajstić information content (AvgIpc) is 2.23. The summed E-state index contributed by atoms with van der Waals surface area (Å²) in [6.45, 7) is 2.04. The van der Waals surface area contributed by atoms with Crippen molar-refractivity contribution in [1.82, 2.24) is 9.88 Å². The highest BCUT2D eigenvalue weighted by molar-refractivity contribution is 5.37. The Balaban J connectivity index is 1.95. The van der Waals surface area contributed by atoms with Crippen LogP contribution >= 0.6 is 0 Å². The predicted molar refractivity (Wildman–Crippen MR) is 68.4 cm³/mol. The van der Waals surface area contributed by atoms with Gasteiger partial charge in [-0.15, -0.1) is 0 Å². The largest absolute Gasteiger partial charge is 0.399 e. The molecule has 3 N–H and O–H groups in total. The lowest BCUT2D eigenvalue weighted by molar-refractivity contribution is 0.108. The van der Waals surface area contributed by atoms with Crippen LogP contribution in [0.25, 0.3) is 0 Å². The number of anilines is 1. The molecule has 0 unspecified atom stereocenters. The SMILES string of the molecule is Nc1ccnc(CN(CCCO)C2CCC2)c1. The van der Waals surface area contributed by atoms with Gasteiger partial charge in [-0.25, -0.2) is 0 Å². The maximum atomic E-state index is 8.94. The van der Waals surface area contributed by atoms with Crippen molar-refractivity contribution in [3.05, 3.63) is 24.0 Å².